The number of carboxylic acid groups (broad SMARTS) is 1. The van der Waals surface area contributed by atoms with Crippen LogP contribution in [0.1, 0.15) is 35.9 Å². The van der Waals surface area contributed by atoms with E-state index in [-0.39, 0.29) is 18.4 Å². The number of thioether (sulfide) groups is 1. The summed E-state index contributed by atoms with van der Waals surface area (Å²) >= 11 is 1.08. The number of aliphatic carboxylic acids is 1. The van der Waals surface area contributed by atoms with Crippen LogP contribution in [0.25, 0.3) is 0 Å². The molecule has 0 bridgehead atoms. The van der Waals surface area contributed by atoms with Gasteiger partial charge in [0.2, 0.25) is 0 Å². The molecule has 2 aromatic heterocycles. The normalized spacial score (nSPS) is 12.6. The maximum Gasteiger partial charge on any atom is 0.313 e. The number of carboxylic acids is 1. The highest BCUT2D eigenvalue weighted by molar-refractivity contribution is 7.99. The fraction of sp³-hybridized carbons (Fsp3) is 0.462. The Balaban J connectivity index is 2.38. The number of aliphatic hydroxyl groups is 1. The summed E-state index contributed by atoms with van der Waals surface area (Å²) < 4.78 is 7.27. The molecule has 0 aromatic carbocycles. The molecule has 2 N–H and O–H groups in total. The Labute approximate surface area is 126 Å². The number of furan rings is 1. The van der Waals surface area contributed by atoms with Gasteiger partial charge in [-0.25, -0.2) is 0 Å². The monoisotopic (exact) mass is 311 g/mol. The smallest absolute Gasteiger partial charge is 0.313 e. The van der Waals surface area contributed by atoms with Crippen molar-refractivity contribution in [3.05, 3.63) is 29.0 Å². The average Bonchev–Trinajstić information content (AvgIpc) is 2.98. The van der Waals surface area contributed by atoms with Gasteiger partial charge in [-0.15, -0.1) is 10.2 Å². The second-order valence-corrected chi connectivity index (χ2v) is 5.60. The van der Waals surface area contributed by atoms with E-state index in [1.54, 1.807) is 4.57 Å². The fourth-order valence-electron chi connectivity index (χ4n) is 2.23. The number of rotatable bonds is 6. The van der Waals surface area contributed by atoms with Crippen LogP contribution in [0.15, 0.2) is 15.6 Å². The highest BCUT2D eigenvalue weighted by Gasteiger charge is 2.22. The Morgan fingerprint density at radius 3 is 2.71 bits per heavy atom. The van der Waals surface area contributed by atoms with E-state index in [9.17, 15) is 9.90 Å². The van der Waals surface area contributed by atoms with Gasteiger partial charge in [0.15, 0.2) is 11.0 Å². The Morgan fingerprint density at radius 2 is 2.19 bits per heavy atom. The number of hydrogen-bond acceptors (Lipinski definition) is 6. The molecule has 2 rings (SSSR count). The van der Waals surface area contributed by atoms with Crippen molar-refractivity contribution in [2.75, 3.05) is 5.75 Å². The molecule has 2 heterocycles. The quantitative estimate of drug-likeness (QED) is 0.784. The molecule has 0 spiro atoms. The summed E-state index contributed by atoms with van der Waals surface area (Å²) in [4.78, 5) is 10.7. The number of carbonyl (C=O) groups is 1. The van der Waals surface area contributed by atoms with Crippen LogP contribution in [0.4, 0.5) is 0 Å². The summed E-state index contributed by atoms with van der Waals surface area (Å²) in [6.07, 6.45) is 0. The summed E-state index contributed by atoms with van der Waals surface area (Å²) in [5.41, 5.74) is 0.958. The summed E-state index contributed by atoms with van der Waals surface area (Å²) in [6.45, 7) is 5.40. The molecular formula is C13H17N3O4S. The predicted octanol–water partition coefficient (Wildman–Crippen LogP) is 1.77. The molecular weight excluding hydrogens is 294 g/mol. The van der Waals surface area contributed by atoms with Crippen LogP contribution in [-0.2, 0) is 11.4 Å². The van der Waals surface area contributed by atoms with Crippen LogP contribution < -0.4 is 0 Å². The standard InChI is InChI=1S/C13H17N3O4S/c1-7-4-10(9(3)20-7)8(2)16-11(5-17)14-15-13(16)21-6-12(18)19/h4,8,17H,5-6H2,1-3H3,(H,18,19). The van der Waals surface area contributed by atoms with Crippen LogP contribution in [0.2, 0.25) is 0 Å². The van der Waals surface area contributed by atoms with Crippen LogP contribution in [-0.4, -0.2) is 36.7 Å². The molecule has 0 fully saturated rings. The first kappa shape index (κ1) is 15.6. The number of hydrogen-bond donors (Lipinski definition) is 2. The lowest BCUT2D eigenvalue weighted by atomic mass is 10.1. The van der Waals surface area contributed by atoms with Gasteiger partial charge in [0.25, 0.3) is 0 Å². The van der Waals surface area contributed by atoms with E-state index < -0.39 is 5.97 Å². The lowest BCUT2D eigenvalue weighted by Gasteiger charge is -2.16. The zero-order valence-corrected chi connectivity index (χ0v) is 12.8. The number of nitrogens with zero attached hydrogens (tertiary/aromatic N) is 3. The SMILES string of the molecule is Cc1cc(C(C)n2c(CO)nnc2SCC(=O)O)c(C)o1. The third-order valence-electron chi connectivity index (χ3n) is 3.12. The van der Waals surface area contributed by atoms with Gasteiger partial charge >= 0.3 is 5.97 Å². The minimum absolute atomic E-state index is 0.111. The number of aliphatic hydroxyl groups excluding tert-OH is 1. The van der Waals surface area contributed by atoms with Gasteiger partial charge in [-0.2, -0.15) is 0 Å². The average molecular weight is 311 g/mol. The van der Waals surface area contributed by atoms with Crippen LogP contribution in [0, 0.1) is 13.8 Å². The summed E-state index contributed by atoms with van der Waals surface area (Å²) in [5.74, 6) is 0.941. The molecule has 0 saturated heterocycles. The molecule has 0 aliphatic heterocycles. The van der Waals surface area contributed by atoms with Crippen LogP contribution in [0.3, 0.4) is 0 Å². The van der Waals surface area contributed by atoms with E-state index in [1.807, 2.05) is 26.8 Å². The third kappa shape index (κ3) is 3.27. The van der Waals surface area contributed by atoms with Crippen molar-refractivity contribution < 1.29 is 19.4 Å². The van der Waals surface area contributed by atoms with Crippen molar-refractivity contribution in [1.82, 2.24) is 14.8 Å². The van der Waals surface area contributed by atoms with E-state index in [1.165, 1.54) is 0 Å². The first-order valence-corrected chi connectivity index (χ1v) is 7.38. The first-order chi connectivity index (χ1) is 9.93. The lowest BCUT2D eigenvalue weighted by Crippen LogP contribution is -2.13. The molecule has 0 saturated carbocycles. The van der Waals surface area contributed by atoms with Gasteiger partial charge in [0, 0.05) is 5.56 Å². The Kier molecular flexibility index (Phi) is 4.69. The van der Waals surface area contributed by atoms with Crippen molar-refractivity contribution in [1.29, 1.82) is 0 Å². The highest BCUT2D eigenvalue weighted by atomic mass is 32.2. The molecule has 8 heteroatoms. The van der Waals surface area contributed by atoms with E-state index in [0.29, 0.717) is 11.0 Å². The molecule has 0 amide bonds. The van der Waals surface area contributed by atoms with Gasteiger partial charge in [-0.3, -0.25) is 9.36 Å². The van der Waals surface area contributed by atoms with Crippen LogP contribution >= 0.6 is 11.8 Å². The maximum atomic E-state index is 10.7. The fourth-order valence-corrected chi connectivity index (χ4v) is 2.99. The zero-order valence-electron chi connectivity index (χ0n) is 12.0. The molecule has 7 nitrogen and oxygen atoms in total. The van der Waals surface area contributed by atoms with Crippen LogP contribution in [0.5, 0.6) is 0 Å². The van der Waals surface area contributed by atoms with Crippen molar-refractivity contribution in [2.24, 2.45) is 0 Å². The predicted molar refractivity (Wildman–Crippen MR) is 76.3 cm³/mol. The van der Waals surface area contributed by atoms with Gasteiger partial charge in [-0.1, -0.05) is 11.8 Å². The topological polar surface area (TPSA) is 101 Å². The Morgan fingerprint density at radius 1 is 1.48 bits per heavy atom. The molecule has 0 aliphatic carbocycles. The number of aryl methyl sites for hydroxylation is 2. The molecule has 0 radical (unpaired) electrons. The molecule has 2 aromatic rings. The summed E-state index contributed by atoms with van der Waals surface area (Å²) in [6, 6.07) is 1.77. The van der Waals surface area contributed by atoms with Gasteiger partial charge < -0.3 is 14.6 Å². The number of aromatic nitrogens is 3. The second kappa shape index (κ2) is 6.31. The molecule has 114 valence electrons. The maximum absolute atomic E-state index is 10.7. The van der Waals surface area contributed by atoms with E-state index in [2.05, 4.69) is 10.2 Å². The molecule has 0 aliphatic rings. The van der Waals surface area contributed by atoms with Crippen molar-refractivity contribution in [2.45, 2.75) is 38.6 Å². The molecule has 21 heavy (non-hydrogen) atoms. The largest absolute Gasteiger partial charge is 0.481 e. The first-order valence-electron chi connectivity index (χ1n) is 6.40. The lowest BCUT2D eigenvalue weighted by molar-refractivity contribution is -0.133. The zero-order chi connectivity index (χ0) is 15.6. The van der Waals surface area contributed by atoms with E-state index >= 15 is 0 Å². The summed E-state index contributed by atoms with van der Waals surface area (Å²) in [7, 11) is 0. The van der Waals surface area contributed by atoms with E-state index in [0.717, 1.165) is 28.8 Å². The minimum atomic E-state index is -0.928. The Bertz CT molecular complexity index is 650. The van der Waals surface area contributed by atoms with Gasteiger partial charge in [-0.05, 0) is 26.8 Å². The molecule has 1 unspecified atom stereocenters. The Hall–Kier alpha value is -1.80. The highest BCUT2D eigenvalue weighted by Crippen LogP contribution is 2.29. The van der Waals surface area contributed by atoms with Gasteiger partial charge in [0.1, 0.15) is 18.1 Å². The second-order valence-electron chi connectivity index (χ2n) is 4.65. The minimum Gasteiger partial charge on any atom is -0.481 e. The van der Waals surface area contributed by atoms with Crippen molar-refractivity contribution in [3.8, 4) is 0 Å². The third-order valence-corrected chi connectivity index (χ3v) is 4.05. The molecule has 1 atom stereocenters. The van der Waals surface area contributed by atoms with Crippen molar-refractivity contribution in [3.63, 3.8) is 0 Å². The van der Waals surface area contributed by atoms with Crippen molar-refractivity contribution >= 4 is 17.7 Å². The van der Waals surface area contributed by atoms with E-state index in [4.69, 9.17) is 9.52 Å². The summed E-state index contributed by atoms with van der Waals surface area (Å²) in [5, 5.41) is 26.5. The van der Waals surface area contributed by atoms with Gasteiger partial charge in [0.05, 0.1) is 11.8 Å².